The van der Waals surface area contributed by atoms with Crippen molar-refractivity contribution in [2.45, 2.75) is 44.7 Å². The average Bonchev–Trinajstić information content (AvgIpc) is 3.03. The van der Waals surface area contributed by atoms with E-state index in [1.54, 1.807) is 31.2 Å². The Hall–Kier alpha value is -4.34. The van der Waals surface area contributed by atoms with Gasteiger partial charge in [0.15, 0.2) is 0 Å². The summed E-state index contributed by atoms with van der Waals surface area (Å²) in [4.78, 5) is 29.6. The second-order valence-corrected chi connectivity index (χ2v) is 12.8. The summed E-state index contributed by atoms with van der Waals surface area (Å²) < 4.78 is 35.3. The van der Waals surface area contributed by atoms with Gasteiger partial charge in [-0.15, -0.1) is 0 Å². The minimum absolute atomic E-state index is 0.0411. The third-order valence-electron chi connectivity index (χ3n) is 7.21. The molecule has 236 valence electrons. The van der Waals surface area contributed by atoms with Crippen molar-refractivity contribution in [3.05, 3.63) is 125 Å². The zero-order chi connectivity index (χ0) is 32.4. The first kappa shape index (κ1) is 33.6. The molecule has 0 radical (unpaired) electrons. The van der Waals surface area contributed by atoms with Gasteiger partial charge in [-0.2, -0.15) is 0 Å². The molecule has 1 atom stereocenters. The van der Waals surface area contributed by atoms with Crippen LogP contribution in [0.5, 0.6) is 5.75 Å². The highest BCUT2D eigenvalue weighted by Gasteiger charge is 2.35. The molecule has 0 spiro atoms. The molecular formula is C35H38ClN3O5S. The van der Waals surface area contributed by atoms with Crippen LogP contribution >= 0.6 is 11.6 Å². The summed E-state index contributed by atoms with van der Waals surface area (Å²) in [6.45, 7) is 5.75. The number of carbonyl (C=O) groups is 2. The predicted molar refractivity (Wildman–Crippen MR) is 178 cm³/mol. The smallest absolute Gasteiger partial charge is 0.264 e. The lowest BCUT2D eigenvalue weighted by Crippen LogP contribution is -2.53. The fourth-order valence-electron chi connectivity index (χ4n) is 4.92. The van der Waals surface area contributed by atoms with E-state index in [4.69, 9.17) is 16.3 Å². The van der Waals surface area contributed by atoms with Gasteiger partial charge >= 0.3 is 0 Å². The van der Waals surface area contributed by atoms with E-state index >= 15 is 0 Å². The van der Waals surface area contributed by atoms with E-state index in [2.05, 4.69) is 5.32 Å². The van der Waals surface area contributed by atoms with Crippen LogP contribution in [0.15, 0.2) is 108 Å². The molecule has 45 heavy (non-hydrogen) atoms. The maximum Gasteiger partial charge on any atom is 0.264 e. The van der Waals surface area contributed by atoms with E-state index in [1.165, 1.54) is 29.2 Å². The van der Waals surface area contributed by atoms with Crippen LogP contribution in [0.3, 0.4) is 0 Å². The zero-order valence-electron chi connectivity index (χ0n) is 25.6. The number of aryl methyl sites for hydroxylation is 1. The molecule has 1 N–H and O–H groups in total. The molecule has 0 saturated heterocycles. The predicted octanol–water partition coefficient (Wildman–Crippen LogP) is 6.02. The number of sulfonamides is 1. The Morgan fingerprint density at radius 2 is 1.49 bits per heavy atom. The summed E-state index contributed by atoms with van der Waals surface area (Å²) in [5, 5.41) is 3.25. The number of halogens is 1. The number of rotatable bonds is 14. The van der Waals surface area contributed by atoms with Crippen LogP contribution < -0.4 is 14.4 Å². The van der Waals surface area contributed by atoms with E-state index in [-0.39, 0.29) is 36.1 Å². The molecule has 10 heteroatoms. The summed E-state index contributed by atoms with van der Waals surface area (Å²) in [6.07, 6.45) is 0.240. The summed E-state index contributed by atoms with van der Waals surface area (Å²) in [7, 11) is -4.29. The highest BCUT2D eigenvalue weighted by Crippen LogP contribution is 2.33. The molecule has 0 aliphatic heterocycles. The molecule has 4 aromatic carbocycles. The maximum absolute atomic E-state index is 14.5. The number of anilines is 1. The van der Waals surface area contributed by atoms with Gasteiger partial charge in [0, 0.05) is 24.5 Å². The third-order valence-corrected chi connectivity index (χ3v) is 9.24. The molecule has 8 nitrogen and oxygen atoms in total. The standard InChI is InChI=1S/C35H38ClN3O5S/c1-4-37-35(41)32(23-27-11-7-6-8-12-27)38(24-28-17-15-26(3)16-18-28)34(40)25-39(31-13-9-10-14-33(31)44-5-2)45(42,43)30-21-19-29(36)20-22-30/h6-22,32H,4-5,23-25H2,1-3H3,(H,37,41). The van der Waals surface area contributed by atoms with Crippen LogP contribution in [-0.4, -0.2) is 50.9 Å². The minimum atomic E-state index is -4.29. The van der Waals surface area contributed by atoms with Crippen molar-refractivity contribution >= 4 is 39.1 Å². The lowest BCUT2D eigenvalue weighted by Gasteiger charge is -2.34. The Balaban J connectivity index is 1.82. The number of amides is 2. The summed E-state index contributed by atoms with van der Waals surface area (Å²) in [5.74, 6) is -0.574. The summed E-state index contributed by atoms with van der Waals surface area (Å²) in [6, 6.07) is 28.6. The Morgan fingerprint density at radius 1 is 0.844 bits per heavy atom. The Bertz CT molecular complexity index is 1680. The molecule has 4 rings (SSSR count). The highest BCUT2D eigenvalue weighted by atomic mass is 35.5. The number of hydrogen-bond acceptors (Lipinski definition) is 5. The minimum Gasteiger partial charge on any atom is -0.492 e. The van der Waals surface area contributed by atoms with Gasteiger partial charge in [-0.1, -0.05) is 83.9 Å². The van der Waals surface area contributed by atoms with Gasteiger partial charge in [0.2, 0.25) is 11.8 Å². The van der Waals surface area contributed by atoms with Crippen LogP contribution in [0, 0.1) is 6.92 Å². The largest absolute Gasteiger partial charge is 0.492 e. The highest BCUT2D eigenvalue weighted by molar-refractivity contribution is 7.92. The molecule has 0 bridgehead atoms. The molecule has 0 saturated carbocycles. The SMILES string of the molecule is CCNC(=O)C(Cc1ccccc1)N(Cc1ccc(C)cc1)C(=O)CN(c1ccccc1OCC)S(=O)(=O)c1ccc(Cl)cc1. The van der Waals surface area contributed by atoms with E-state index in [9.17, 15) is 18.0 Å². The van der Waals surface area contributed by atoms with Crippen LogP contribution in [0.4, 0.5) is 5.69 Å². The number of benzene rings is 4. The number of carbonyl (C=O) groups excluding carboxylic acids is 2. The van der Waals surface area contributed by atoms with Gasteiger partial charge < -0.3 is 15.0 Å². The van der Waals surface area contributed by atoms with Crippen molar-refractivity contribution in [3.63, 3.8) is 0 Å². The first-order valence-electron chi connectivity index (χ1n) is 14.8. The van der Waals surface area contributed by atoms with E-state index in [1.807, 2.05) is 68.4 Å². The first-order valence-corrected chi connectivity index (χ1v) is 16.6. The quantitative estimate of drug-likeness (QED) is 0.181. The lowest BCUT2D eigenvalue weighted by atomic mass is 10.0. The van der Waals surface area contributed by atoms with Crippen molar-refractivity contribution in [3.8, 4) is 5.75 Å². The Morgan fingerprint density at radius 3 is 2.13 bits per heavy atom. The van der Waals surface area contributed by atoms with E-state index in [0.717, 1.165) is 21.0 Å². The fraction of sp³-hybridized carbons (Fsp3) is 0.257. The fourth-order valence-corrected chi connectivity index (χ4v) is 6.47. The van der Waals surface area contributed by atoms with Gasteiger partial charge in [-0.25, -0.2) is 8.42 Å². The molecule has 0 heterocycles. The van der Waals surface area contributed by atoms with Crippen molar-refractivity contribution in [1.29, 1.82) is 0 Å². The van der Waals surface area contributed by atoms with Gasteiger partial charge in [0.05, 0.1) is 17.2 Å². The molecule has 2 amide bonds. The molecule has 0 aromatic heterocycles. The lowest BCUT2D eigenvalue weighted by molar-refractivity contribution is -0.140. The number of para-hydroxylation sites is 2. The monoisotopic (exact) mass is 647 g/mol. The number of likely N-dealkylation sites (N-methyl/N-ethyl adjacent to an activating group) is 1. The van der Waals surface area contributed by atoms with Crippen LogP contribution in [0.2, 0.25) is 5.02 Å². The van der Waals surface area contributed by atoms with Gasteiger partial charge in [0.1, 0.15) is 18.3 Å². The van der Waals surface area contributed by atoms with Crippen LogP contribution in [0.1, 0.15) is 30.5 Å². The normalized spacial score (nSPS) is 11.8. The van der Waals surface area contributed by atoms with Crippen molar-refractivity contribution < 1.29 is 22.7 Å². The Kier molecular flexibility index (Phi) is 11.6. The van der Waals surface area contributed by atoms with Gasteiger partial charge in [0.25, 0.3) is 10.0 Å². The number of hydrogen-bond donors (Lipinski definition) is 1. The average molecular weight is 648 g/mol. The number of ether oxygens (including phenoxy) is 1. The van der Waals surface area contributed by atoms with Gasteiger partial charge in [-0.05, 0) is 68.3 Å². The number of nitrogens with zero attached hydrogens (tertiary/aromatic N) is 2. The second kappa shape index (κ2) is 15.6. The zero-order valence-corrected chi connectivity index (χ0v) is 27.2. The molecule has 1 unspecified atom stereocenters. The first-order chi connectivity index (χ1) is 21.6. The maximum atomic E-state index is 14.5. The van der Waals surface area contributed by atoms with Crippen molar-refractivity contribution in [2.75, 3.05) is 24.0 Å². The molecule has 0 aliphatic rings. The molecule has 0 fully saturated rings. The molecule has 0 aliphatic carbocycles. The Labute approximate surface area is 270 Å². The number of nitrogens with one attached hydrogen (secondary N) is 1. The van der Waals surface area contributed by atoms with Crippen molar-refractivity contribution in [1.82, 2.24) is 10.2 Å². The van der Waals surface area contributed by atoms with Crippen LogP contribution in [0.25, 0.3) is 0 Å². The van der Waals surface area contributed by atoms with E-state index in [0.29, 0.717) is 17.3 Å². The van der Waals surface area contributed by atoms with E-state index < -0.39 is 28.5 Å². The molecule has 4 aromatic rings. The van der Waals surface area contributed by atoms with Crippen LogP contribution in [-0.2, 0) is 32.6 Å². The van der Waals surface area contributed by atoms with Gasteiger partial charge in [-0.3, -0.25) is 13.9 Å². The summed E-state index contributed by atoms with van der Waals surface area (Å²) >= 11 is 6.07. The molecular weight excluding hydrogens is 610 g/mol. The second-order valence-electron chi connectivity index (χ2n) is 10.5. The van der Waals surface area contributed by atoms with Crippen molar-refractivity contribution in [2.24, 2.45) is 0 Å². The third kappa shape index (κ3) is 8.65. The topological polar surface area (TPSA) is 96.0 Å². The summed E-state index contributed by atoms with van der Waals surface area (Å²) in [5.41, 5.74) is 2.92.